The lowest BCUT2D eigenvalue weighted by atomic mass is 10.0. The van der Waals surface area contributed by atoms with Crippen molar-refractivity contribution in [2.45, 2.75) is 19.4 Å². The summed E-state index contributed by atoms with van der Waals surface area (Å²) in [5, 5.41) is 0. The zero-order valence-electron chi connectivity index (χ0n) is 9.90. The van der Waals surface area contributed by atoms with Crippen molar-refractivity contribution in [1.29, 1.82) is 0 Å². The molecule has 0 aliphatic heterocycles. The van der Waals surface area contributed by atoms with E-state index in [1.54, 1.807) is 6.92 Å². The molecule has 0 saturated carbocycles. The number of carbonyl (C=O) groups excluding carboxylic acids is 1. The van der Waals surface area contributed by atoms with Crippen LogP contribution >= 0.6 is 0 Å². The normalized spacial score (nSPS) is 12.0. The summed E-state index contributed by atoms with van der Waals surface area (Å²) in [6.45, 7) is 1.99. The van der Waals surface area contributed by atoms with E-state index in [0.717, 1.165) is 0 Å². The highest BCUT2D eigenvalue weighted by molar-refractivity contribution is 5.70. The molecule has 0 radical (unpaired) electrons. The molecule has 0 saturated heterocycles. The Kier molecular flexibility index (Phi) is 4.90. The van der Waals surface area contributed by atoms with Gasteiger partial charge in [-0.25, -0.2) is 4.39 Å². The molecule has 4 nitrogen and oxygen atoms in total. The van der Waals surface area contributed by atoms with Gasteiger partial charge in [-0.1, -0.05) is 0 Å². The molecular weight excluding hydrogens is 225 g/mol. The topological polar surface area (TPSA) is 61.5 Å². The lowest BCUT2D eigenvalue weighted by molar-refractivity contribution is -0.143. The Morgan fingerprint density at radius 3 is 2.82 bits per heavy atom. The summed E-state index contributed by atoms with van der Waals surface area (Å²) in [4.78, 5) is 11.2. The first-order valence-corrected chi connectivity index (χ1v) is 5.33. The Balaban J connectivity index is 2.80. The van der Waals surface area contributed by atoms with Gasteiger partial charge in [0.15, 0.2) is 0 Å². The highest BCUT2D eigenvalue weighted by Crippen LogP contribution is 2.23. The maximum atomic E-state index is 13.5. The Labute approximate surface area is 99.5 Å². The molecule has 0 spiro atoms. The largest absolute Gasteiger partial charge is 0.497 e. The van der Waals surface area contributed by atoms with E-state index in [-0.39, 0.29) is 18.6 Å². The lowest BCUT2D eigenvalue weighted by Gasteiger charge is -2.13. The molecule has 0 heterocycles. The molecule has 1 aromatic rings. The van der Waals surface area contributed by atoms with Crippen molar-refractivity contribution in [2.24, 2.45) is 5.73 Å². The van der Waals surface area contributed by atoms with Crippen LogP contribution in [-0.2, 0) is 9.53 Å². The van der Waals surface area contributed by atoms with Gasteiger partial charge in [-0.2, -0.15) is 0 Å². The Morgan fingerprint density at radius 1 is 1.53 bits per heavy atom. The molecule has 0 unspecified atom stereocenters. The summed E-state index contributed by atoms with van der Waals surface area (Å²) in [6, 6.07) is 3.51. The predicted molar refractivity (Wildman–Crippen MR) is 61.1 cm³/mol. The Morgan fingerprint density at radius 2 is 2.24 bits per heavy atom. The average Bonchev–Trinajstić information content (AvgIpc) is 2.29. The van der Waals surface area contributed by atoms with E-state index in [1.165, 1.54) is 25.3 Å². The van der Waals surface area contributed by atoms with Crippen molar-refractivity contribution in [3.8, 4) is 5.75 Å². The number of benzene rings is 1. The summed E-state index contributed by atoms with van der Waals surface area (Å²) >= 11 is 0. The van der Waals surface area contributed by atoms with E-state index in [9.17, 15) is 9.18 Å². The second-order valence-corrected chi connectivity index (χ2v) is 3.50. The van der Waals surface area contributed by atoms with Gasteiger partial charge in [-0.3, -0.25) is 4.79 Å². The van der Waals surface area contributed by atoms with Crippen LogP contribution in [0.1, 0.15) is 24.9 Å². The second kappa shape index (κ2) is 6.20. The zero-order chi connectivity index (χ0) is 12.8. The first-order valence-electron chi connectivity index (χ1n) is 5.33. The molecule has 5 heteroatoms. The van der Waals surface area contributed by atoms with Crippen molar-refractivity contribution in [2.75, 3.05) is 13.7 Å². The summed E-state index contributed by atoms with van der Waals surface area (Å²) in [7, 11) is 1.48. The molecule has 0 aliphatic carbocycles. The lowest BCUT2D eigenvalue weighted by Crippen LogP contribution is -2.18. The molecule has 0 amide bonds. The van der Waals surface area contributed by atoms with Gasteiger partial charge >= 0.3 is 5.97 Å². The third-order valence-electron chi connectivity index (χ3n) is 2.29. The van der Waals surface area contributed by atoms with Crippen LogP contribution in [0.5, 0.6) is 5.75 Å². The predicted octanol–water partition coefficient (Wildman–Crippen LogP) is 1.79. The van der Waals surface area contributed by atoms with Crippen LogP contribution in [0.15, 0.2) is 18.2 Å². The number of hydrogen-bond donors (Lipinski definition) is 1. The number of halogens is 1. The molecule has 1 atom stereocenters. The number of nitrogens with two attached hydrogens (primary N) is 1. The van der Waals surface area contributed by atoms with Crippen molar-refractivity contribution >= 4 is 5.97 Å². The molecule has 0 aromatic heterocycles. The SMILES string of the molecule is CCOC(=O)C[C@H](N)c1cc(OC)ccc1F. The van der Waals surface area contributed by atoms with Gasteiger partial charge in [0.25, 0.3) is 0 Å². The molecular formula is C12H16FNO3. The summed E-state index contributed by atoms with van der Waals surface area (Å²) in [6.07, 6.45) is -0.0576. The molecule has 0 aliphatic rings. The van der Waals surface area contributed by atoms with Gasteiger partial charge in [0.05, 0.1) is 20.1 Å². The zero-order valence-corrected chi connectivity index (χ0v) is 9.90. The van der Waals surface area contributed by atoms with E-state index in [1.807, 2.05) is 0 Å². The van der Waals surface area contributed by atoms with Crippen LogP contribution in [0.2, 0.25) is 0 Å². The Hall–Kier alpha value is -1.62. The molecule has 94 valence electrons. The maximum Gasteiger partial charge on any atom is 0.307 e. The van der Waals surface area contributed by atoms with E-state index >= 15 is 0 Å². The minimum Gasteiger partial charge on any atom is -0.497 e. The number of rotatable bonds is 5. The second-order valence-electron chi connectivity index (χ2n) is 3.50. The number of ether oxygens (including phenoxy) is 2. The summed E-state index contributed by atoms with van der Waals surface area (Å²) < 4.78 is 23.2. The van der Waals surface area contributed by atoms with Crippen LogP contribution in [0.4, 0.5) is 4.39 Å². The molecule has 17 heavy (non-hydrogen) atoms. The molecule has 1 aromatic carbocycles. The van der Waals surface area contributed by atoms with Crippen molar-refractivity contribution in [3.05, 3.63) is 29.6 Å². The van der Waals surface area contributed by atoms with Crippen LogP contribution < -0.4 is 10.5 Å². The average molecular weight is 241 g/mol. The standard InChI is InChI=1S/C12H16FNO3/c1-3-17-12(15)7-11(14)9-6-8(16-2)4-5-10(9)13/h4-6,11H,3,7,14H2,1-2H3/t11-/m0/s1. The fourth-order valence-corrected chi connectivity index (χ4v) is 1.44. The van der Waals surface area contributed by atoms with Gasteiger partial charge in [0.1, 0.15) is 11.6 Å². The van der Waals surface area contributed by atoms with Gasteiger partial charge in [-0.15, -0.1) is 0 Å². The van der Waals surface area contributed by atoms with Gasteiger partial charge < -0.3 is 15.2 Å². The van der Waals surface area contributed by atoms with Crippen LogP contribution in [0.25, 0.3) is 0 Å². The number of carbonyl (C=O) groups is 1. The van der Waals surface area contributed by atoms with E-state index in [0.29, 0.717) is 5.75 Å². The quantitative estimate of drug-likeness (QED) is 0.798. The summed E-state index contributed by atoms with van der Waals surface area (Å²) in [5.74, 6) is -0.398. The van der Waals surface area contributed by atoms with Gasteiger partial charge in [0.2, 0.25) is 0 Å². The highest BCUT2D eigenvalue weighted by atomic mass is 19.1. The minimum absolute atomic E-state index is 0.0576. The van der Waals surface area contributed by atoms with Crippen molar-refractivity contribution in [3.63, 3.8) is 0 Å². The molecule has 0 fully saturated rings. The first-order chi connectivity index (χ1) is 8.08. The number of hydrogen-bond acceptors (Lipinski definition) is 4. The van der Waals surface area contributed by atoms with Crippen LogP contribution in [-0.4, -0.2) is 19.7 Å². The fraction of sp³-hybridized carbons (Fsp3) is 0.417. The smallest absolute Gasteiger partial charge is 0.307 e. The monoisotopic (exact) mass is 241 g/mol. The van der Waals surface area contributed by atoms with Crippen LogP contribution in [0, 0.1) is 5.82 Å². The number of esters is 1. The van der Waals surface area contributed by atoms with Crippen molar-refractivity contribution in [1.82, 2.24) is 0 Å². The molecule has 1 rings (SSSR count). The number of methoxy groups -OCH3 is 1. The minimum atomic E-state index is -0.732. The molecule has 2 N–H and O–H groups in total. The van der Waals surface area contributed by atoms with E-state index < -0.39 is 17.8 Å². The van der Waals surface area contributed by atoms with Crippen molar-refractivity contribution < 1.29 is 18.7 Å². The fourth-order valence-electron chi connectivity index (χ4n) is 1.44. The van der Waals surface area contributed by atoms with Gasteiger partial charge in [-0.05, 0) is 25.1 Å². The summed E-state index contributed by atoms with van der Waals surface area (Å²) in [5.41, 5.74) is 6.00. The van der Waals surface area contributed by atoms with E-state index in [4.69, 9.17) is 15.2 Å². The third-order valence-corrected chi connectivity index (χ3v) is 2.29. The highest BCUT2D eigenvalue weighted by Gasteiger charge is 2.16. The first kappa shape index (κ1) is 13.4. The maximum absolute atomic E-state index is 13.5. The van der Waals surface area contributed by atoms with Crippen LogP contribution in [0.3, 0.4) is 0 Å². The Bertz CT molecular complexity index is 395. The van der Waals surface area contributed by atoms with E-state index in [2.05, 4.69) is 0 Å². The van der Waals surface area contributed by atoms with Gasteiger partial charge in [0, 0.05) is 11.6 Å². The molecule has 0 bridgehead atoms. The third kappa shape index (κ3) is 3.71.